The summed E-state index contributed by atoms with van der Waals surface area (Å²) in [6.07, 6.45) is 1.72. The molecule has 1 aliphatic heterocycles. The SMILES string of the molecule is COc1cc(Cc2csc(N3CCC(S(=O)(=O)c4cccc(Cl)c4)CC3)n2)cc(OC)c1OC. The van der Waals surface area contributed by atoms with E-state index >= 15 is 0 Å². The standard InChI is InChI=1S/C24H27ClN2O5S2/c1-30-21-12-16(13-22(31-2)23(21)32-3)11-18-15-33-24(26-18)27-9-7-19(8-10-27)34(28,29)20-6-4-5-17(25)14-20/h4-6,12-15,19H,7-11H2,1-3H3. The molecular weight excluding hydrogens is 496 g/mol. The monoisotopic (exact) mass is 522 g/mol. The third-order valence-electron chi connectivity index (χ3n) is 5.93. The van der Waals surface area contributed by atoms with Crippen LogP contribution in [0.15, 0.2) is 46.7 Å². The predicted octanol–water partition coefficient (Wildman–Crippen LogP) is 4.86. The van der Waals surface area contributed by atoms with E-state index in [2.05, 4.69) is 4.90 Å². The molecule has 0 unspecified atom stereocenters. The van der Waals surface area contributed by atoms with E-state index in [1.165, 1.54) is 6.07 Å². The molecule has 0 radical (unpaired) electrons. The minimum atomic E-state index is -3.41. The molecular formula is C24H27ClN2O5S2. The summed E-state index contributed by atoms with van der Waals surface area (Å²) in [5.74, 6) is 1.77. The molecule has 10 heteroatoms. The molecule has 4 rings (SSSR count). The third kappa shape index (κ3) is 5.11. The van der Waals surface area contributed by atoms with Crippen molar-refractivity contribution < 1.29 is 22.6 Å². The summed E-state index contributed by atoms with van der Waals surface area (Å²) >= 11 is 7.57. The van der Waals surface area contributed by atoms with E-state index in [1.807, 2.05) is 17.5 Å². The summed E-state index contributed by atoms with van der Waals surface area (Å²) < 4.78 is 42.3. The maximum atomic E-state index is 13.0. The Hall–Kier alpha value is -2.49. The number of hydrogen-bond acceptors (Lipinski definition) is 8. The lowest BCUT2D eigenvalue weighted by atomic mass is 10.1. The number of sulfone groups is 1. The van der Waals surface area contributed by atoms with Gasteiger partial charge in [0.05, 0.1) is 37.2 Å². The fourth-order valence-corrected chi connectivity index (χ4v) is 7.07. The maximum Gasteiger partial charge on any atom is 0.203 e. The largest absolute Gasteiger partial charge is 0.493 e. The zero-order valence-corrected chi connectivity index (χ0v) is 21.7. The quantitative estimate of drug-likeness (QED) is 0.418. The van der Waals surface area contributed by atoms with Gasteiger partial charge in [0, 0.05) is 29.9 Å². The number of piperidine rings is 1. The van der Waals surface area contributed by atoms with E-state index in [0.717, 1.165) is 16.4 Å². The second-order valence-corrected chi connectivity index (χ2v) is 11.5. The van der Waals surface area contributed by atoms with Crippen LogP contribution in [0.3, 0.4) is 0 Å². The zero-order chi connectivity index (χ0) is 24.3. The predicted molar refractivity (Wildman–Crippen MR) is 135 cm³/mol. The van der Waals surface area contributed by atoms with Crippen LogP contribution in [0.4, 0.5) is 5.13 Å². The second-order valence-electron chi connectivity index (χ2n) is 8.02. The Labute approximate surface area is 209 Å². The van der Waals surface area contributed by atoms with E-state index in [1.54, 1.807) is 50.9 Å². The van der Waals surface area contributed by atoms with Gasteiger partial charge >= 0.3 is 0 Å². The van der Waals surface area contributed by atoms with Crippen molar-refractivity contribution in [1.29, 1.82) is 0 Å². The minimum absolute atomic E-state index is 0.292. The van der Waals surface area contributed by atoms with Crippen LogP contribution >= 0.6 is 22.9 Å². The van der Waals surface area contributed by atoms with Crippen molar-refractivity contribution in [2.24, 2.45) is 0 Å². The molecule has 1 aliphatic rings. The van der Waals surface area contributed by atoms with Crippen LogP contribution in [0.5, 0.6) is 17.2 Å². The van der Waals surface area contributed by atoms with Crippen molar-refractivity contribution in [3.05, 3.63) is 58.1 Å². The van der Waals surface area contributed by atoms with Crippen molar-refractivity contribution in [3.8, 4) is 17.2 Å². The molecule has 3 aromatic rings. The van der Waals surface area contributed by atoms with Gasteiger partial charge in [-0.05, 0) is 48.7 Å². The lowest BCUT2D eigenvalue weighted by Gasteiger charge is -2.31. The topological polar surface area (TPSA) is 78.0 Å². The van der Waals surface area contributed by atoms with Crippen LogP contribution in [-0.2, 0) is 16.3 Å². The number of nitrogens with zero attached hydrogens (tertiary/aromatic N) is 2. The van der Waals surface area contributed by atoms with Gasteiger partial charge < -0.3 is 19.1 Å². The fraction of sp³-hybridized carbons (Fsp3) is 0.375. The Morgan fingerprint density at radius 2 is 1.74 bits per heavy atom. The molecule has 34 heavy (non-hydrogen) atoms. The Kier molecular flexibility index (Phi) is 7.54. The minimum Gasteiger partial charge on any atom is -0.493 e. The summed E-state index contributed by atoms with van der Waals surface area (Å²) in [5, 5.41) is 2.95. The van der Waals surface area contributed by atoms with Gasteiger partial charge in [-0.2, -0.15) is 0 Å². The average Bonchev–Trinajstić information content (AvgIpc) is 3.31. The van der Waals surface area contributed by atoms with Gasteiger partial charge in [0.2, 0.25) is 5.75 Å². The molecule has 0 aliphatic carbocycles. The molecule has 0 N–H and O–H groups in total. The molecule has 1 saturated heterocycles. The van der Waals surface area contributed by atoms with Crippen LogP contribution in [0.1, 0.15) is 24.1 Å². The third-order valence-corrected chi connectivity index (χ3v) is 9.37. The highest BCUT2D eigenvalue weighted by atomic mass is 35.5. The van der Waals surface area contributed by atoms with Gasteiger partial charge in [-0.15, -0.1) is 11.3 Å². The van der Waals surface area contributed by atoms with Crippen molar-refractivity contribution >= 4 is 37.9 Å². The lowest BCUT2D eigenvalue weighted by Crippen LogP contribution is -2.39. The zero-order valence-electron chi connectivity index (χ0n) is 19.3. The molecule has 182 valence electrons. The van der Waals surface area contributed by atoms with E-state index in [4.69, 9.17) is 30.8 Å². The lowest BCUT2D eigenvalue weighted by molar-refractivity contribution is 0.324. The first-order valence-electron chi connectivity index (χ1n) is 10.8. The number of hydrogen-bond donors (Lipinski definition) is 0. The Balaban J connectivity index is 1.43. The molecule has 2 aromatic carbocycles. The van der Waals surface area contributed by atoms with Gasteiger partial charge in [0.1, 0.15) is 0 Å². The van der Waals surface area contributed by atoms with Crippen LogP contribution in [0.25, 0.3) is 0 Å². The number of thiazole rings is 1. The molecule has 0 amide bonds. The van der Waals surface area contributed by atoms with E-state index < -0.39 is 15.1 Å². The van der Waals surface area contributed by atoms with Crippen molar-refractivity contribution in [1.82, 2.24) is 4.98 Å². The van der Waals surface area contributed by atoms with Crippen LogP contribution in [-0.4, -0.2) is 53.1 Å². The molecule has 7 nitrogen and oxygen atoms in total. The molecule has 0 atom stereocenters. The van der Waals surface area contributed by atoms with Crippen molar-refractivity contribution in [2.75, 3.05) is 39.3 Å². The number of ether oxygens (including phenoxy) is 3. The Morgan fingerprint density at radius 1 is 1.06 bits per heavy atom. The summed E-state index contributed by atoms with van der Waals surface area (Å²) in [6, 6.07) is 10.3. The van der Waals surface area contributed by atoms with Crippen molar-refractivity contribution in [2.45, 2.75) is 29.4 Å². The first-order valence-corrected chi connectivity index (χ1v) is 13.6. The summed E-state index contributed by atoms with van der Waals surface area (Å²) in [7, 11) is 1.36. The van der Waals surface area contributed by atoms with Gasteiger partial charge in [0.25, 0.3) is 0 Å². The summed E-state index contributed by atoms with van der Waals surface area (Å²) in [5.41, 5.74) is 1.93. The number of benzene rings is 2. The second kappa shape index (κ2) is 10.4. The Bertz CT molecular complexity index is 1230. The highest BCUT2D eigenvalue weighted by molar-refractivity contribution is 7.92. The highest BCUT2D eigenvalue weighted by Crippen LogP contribution is 2.39. The van der Waals surface area contributed by atoms with E-state index in [0.29, 0.717) is 59.5 Å². The van der Waals surface area contributed by atoms with Gasteiger partial charge in [0.15, 0.2) is 26.5 Å². The van der Waals surface area contributed by atoms with Crippen LogP contribution in [0, 0.1) is 0 Å². The first-order chi connectivity index (χ1) is 16.3. The summed E-state index contributed by atoms with van der Waals surface area (Å²) in [4.78, 5) is 7.26. The molecule has 1 fully saturated rings. The van der Waals surface area contributed by atoms with Gasteiger partial charge in [-0.25, -0.2) is 13.4 Å². The molecule has 0 spiro atoms. The van der Waals surface area contributed by atoms with Crippen molar-refractivity contribution in [3.63, 3.8) is 0 Å². The van der Waals surface area contributed by atoms with Gasteiger partial charge in [-0.3, -0.25) is 0 Å². The maximum absolute atomic E-state index is 13.0. The number of anilines is 1. The van der Waals surface area contributed by atoms with E-state index in [-0.39, 0.29) is 0 Å². The average molecular weight is 523 g/mol. The van der Waals surface area contributed by atoms with E-state index in [9.17, 15) is 8.42 Å². The normalized spacial score (nSPS) is 14.8. The fourth-order valence-electron chi connectivity index (χ4n) is 4.16. The molecule has 0 bridgehead atoms. The number of halogens is 1. The van der Waals surface area contributed by atoms with Crippen LogP contribution in [0.2, 0.25) is 5.02 Å². The van der Waals surface area contributed by atoms with Gasteiger partial charge in [-0.1, -0.05) is 17.7 Å². The molecule has 1 aromatic heterocycles. The smallest absolute Gasteiger partial charge is 0.203 e. The first kappa shape index (κ1) is 24.6. The van der Waals surface area contributed by atoms with Crippen LogP contribution < -0.4 is 19.1 Å². The molecule has 0 saturated carbocycles. The Morgan fingerprint density at radius 3 is 2.32 bits per heavy atom. The number of aromatic nitrogens is 1. The number of methoxy groups -OCH3 is 3. The highest BCUT2D eigenvalue weighted by Gasteiger charge is 2.32. The number of rotatable bonds is 8. The molecule has 2 heterocycles. The summed E-state index contributed by atoms with van der Waals surface area (Å²) in [6.45, 7) is 1.28.